The van der Waals surface area contributed by atoms with Crippen LogP contribution in [-0.2, 0) is 9.59 Å². The molecule has 0 spiro atoms. The Morgan fingerprint density at radius 2 is 1.76 bits per heavy atom. The fourth-order valence-electron chi connectivity index (χ4n) is 3.62. The molecule has 2 aliphatic rings. The van der Waals surface area contributed by atoms with Crippen molar-refractivity contribution < 1.29 is 9.59 Å². The van der Waals surface area contributed by atoms with Gasteiger partial charge in [0, 0.05) is 36.9 Å². The van der Waals surface area contributed by atoms with Crippen molar-refractivity contribution in [2.45, 2.75) is 51.6 Å². The zero-order valence-corrected chi connectivity index (χ0v) is 12.8. The van der Waals surface area contributed by atoms with Gasteiger partial charge in [0.2, 0.25) is 11.8 Å². The molecular formula is C16H23N3O2. The van der Waals surface area contributed by atoms with Crippen LogP contribution >= 0.6 is 0 Å². The number of aryl methyl sites for hydroxylation is 2. The summed E-state index contributed by atoms with van der Waals surface area (Å²) in [5.41, 5.74) is 2.58. The van der Waals surface area contributed by atoms with Gasteiger partial charge in [0.1, 0.15) is 6.04 Å². The van der Waals surface area contributed by atoms with Gasteiger partial charge in [-0.05, 0) is 45.2 Å². The Hall–Kier alpha value is -1.78. The summed E-state index contributed by atoms with van der Waals surface area (Å²) in [5.74, 6) is 0.0991. The summed E-state index contributed by atoms with van der Waals surface area (Å²) < 4.78 is 2.39. The fourth-order valence-corrected chi connectivity index (χ4v) is 3.62. The molecule has 5 heteroatoms. The summed E-state index contributed by atoms with van der Waals surface area (Å²) >= 11 is 0. The van der Waals surface area contributed by atoms with E-state index >= 15 is 0 Å². The molecule has 2 fully saturated rings. The lowest BCUT2D eigenvalue weighted by Crippen LogP contribution is -2.47. The molecule has 1 unspecified atom stereocenters. The highest BCUT2D eigenvalue weighted by molar-refractivity contribution is 5.90. The lowest BCUT2D eigenvalue weighted by atomic mass is 10.0. The van der Waals surface area contributed by atoms with Crippen LogP contribution in [0.4, 0.5) is 0 Å². The molecule has 0 aromatic carbocycles. The number of carbonyl (C=O) groups excluding carboxylic acids is 2. The van der Waals surface area contributed by atoms with Gasteiger partial charge in [0.15, 0.2) is 0 Å². The predicted octanol–water partition coefficient (Wildman–Crippen LogP) is 1.55. The van der Waals surface area contributed by atoms with Crippen LogP contribution in [0.15, 0.2) is 12.1 Å². The molecule has 0 saturated carbocycles. The third-order valence-corrected chi connectivity index (χ3v) is 4.76. The van der Waals surface area contributed by atoms with E-state index in [1.165, 1.54) is 11.4 Å². The maximum Gasteiger partial charge on any atom is 0.245 e. The van der Waals surface area contributed by atoms with Gasteiger partial charge in [0.25, 0.3) is 0 Å². The van der Waals surface area contributed by atoms with E-state index in [2.05, 4.69) is 35.9 Å². The van der Waals surface area contributed by atoms with Gasteiger partial charge >= 0.3 is 0 Å². The lowest BCUT2D eigenvalue weighted by Gasteiger charge is -2.35. The summed E-state index contributed by atoms with van der Waals surface area (Å²) in [6.07, 6.45) is 3.10. The van der Waals surface area contributed by atoms with E-state index in [0.717, 1.165) is 25.9 Å². The highest BCUT2D eigenvalue weighted by Gasteiger charge is 2.33. The zero-order chi connectivity index (χ0) is 15.0. The molecule has 2 saturated heterocycles. The van der Waals surface area contributed by atoms with E-state index in [-0.39, 0.29) is 17.9 Å². The monoisotopic (exact) mass is 289 g/mol. The van der Waals surface area contributed by atoms with Gasteiger partial charge in [-0.15, -0.1) is 0 Å². The largest absolute Gasteiger partial charge is 0.346 e. The molecule has 3 rings (SSSR count). The summed E-state index contributed by atoms with van der Waals surface area (Å²) in [4.78, 5) is 25.5. The van der Waals surface area contributed by atoms with Crippen LogP contribution in [0.3, 0.4) is 0 Å². The Bertz CT molecular complexity index is 536. The Labute approximate surface area is 125 Å². The van der Waals surface area contributed by atoms with Crippen LogP contribution < -0.4 is 5.32 Å². The first-order valence-corrected chi connectivity index (χ1v) is 7.79. The van der Waals surface area contributed by atoms with Gasteiger partial charge in [-0.1, -0.05) is 0 Å². The average molecular weight is 289 g/mol. The van der Waals surface area contributed by atoms with E-state index < -0.39 is 0 Å². The van der Waals surface area contributed by atoms with Crippen LogP contribution in [0, 0.1) is 13.8 Å². The van der Waals surface area contributed by atoms with Crippen LogP contribution in [-0.4, -0.2) is 40.4 Å². The first kappa shape index (κ1) is 14.2. The Morgan fingerprint density at radius 3 is 2.29 bits per heavy atom. The van der Waals surface area contributed by atoms with Crippen molar-refractivity contribution in [3.8, 4) is 0 Å². The number of aromatic nitrogens is 1. The van der Waals surface area contributed by atoms with E-state index in [0.29, 0.717) is 18.9 Å². The predicted molar refractivity (Wildman–Crippen MR) is 79.9 cm³/mol. The lowest BCUT2D eigenvalue weighted by molar-refractivity contribution is -0.135. The Morgan fingerprint density at radius 1 is 1.14 bits per heavy atom. The molecule has 3 heterocycles. The van der Waals surface area contributed by atoms with Crippen LogP contribution in [0.1, 0.15) is 43.1 Å². The van der Waals surface area contributed by atoms with Crippen molar-refractivity contribution in [1.29, 1.82) is 0 Å². The Kier molecular flexibility index (Phi) is 3.74. The van der Waals surface area contributed by atoms with E-state index in [1.807, 2.05) is 4.90 Å². The Balaban J connectivity index is 1.60. The van der Waals surface area contributed by atoms with Gasteiger partial charge in [-0.25, -0.2) is 0 Å². The molecule has 21 heavy (non-hydrogen) atoms. The quantitative estimate of drug-likeness (QED) is 0.898. The van der Waals surface area contributed by atoms with E-state index in [9.17, 15) is 9.59 Å². The van der Waals surface area contributed by atoms with Gasteiger partial charge in [0.05, 0.1) is 0 Å². The van der Waals surface area contributed by atoms with Gasteiger partial charge < -0.3 is 14.8 Å². The van der Waals surface area contributed by atoms with Crippen molar-refractivity contribution in [2.24, 2.45) is 0 Å². The number of hydrogen-bond acceptors (Lipinski definition) is 2. The van der Waals surface area contributed by atoms with E-state index in [1.54, 1.807) is 0 Å². The SMILES string of the molecule is Cc1ccc(C)n1C1CCN(C(=O)C2CCC(=O)N2)CC1. The molecule has 0 radical (unpaired) electrons. The third-order valence-electron chi connectivity index (χ3n) is 4.76. The smallest absolute Gasteiger partial charge is 0.245 e. The van der Waals surface area contributed by atoms with Crippen LogP contribution in [0.25, 0.3) is 0 Å². The number of nitrogens with one attached hydrogen (secondary N) is 1. The number of amides is 2. The molecule has 1 N–H and O–H groups in total. The van der Waals surface area contributed by atoms with Crippen LogP contribution in [0.5, 0.6) is 0 Å². The minimum Gasteiger partial charge on any atom is -0.346 e. The maximum atomic E-state index is 12.4. The third kappa shape index (κ3) is 2.69. The summed E-state index contributed by atoms with van der Waals surface area (Å²) in [6, 6.07) is 4.51. The minimum absolute atomic E-state index is 0.00169. The zero-order valence-electron chi connectivity index (χ0n) is 12.8. The molecule has 1 aromatic rings. The van der Waals surface area contributed by atoms with Crippen molar-refractivity contribution in [1.82, 2.24) is 14.8 Å². The summed E-state index contributed by atoms with van der Waals surface area (Å²) in [6.45, 7) is 5.84. The van der Waals surface area contributed by atoms with Crippen molar-refractivity contribution in [3.05, 3.63) is 23.5 Å². The van der Waals surface area contributed by atoms with Gasteiger partial charge in [-0.3, -0.25) is 9.59 Å². The first-order valence-electron chi connectivity index (χ1n) is 7.79. The average Bonchev–Trinajstić information content (AvgIpc) is 3.05. The number of likely N-dealkylation sites (tertiary alicyclic amines) is 1. The molecule has 1 aromatic heterocycles. The molecule has 114 valence electrons. The molecule has 5 nitrogen and oxygen atoms in total. The second-order valence-electron chi connectivity index (χ2n) is 6.20. The first-order chi connectivity index (χ1) is 10.1. The number of piperidine rings is 1. The number of nitrogens with zero attached hydrogens (tertiary/aromatic N) is 2. The highest BCUT2D eigenvalue weighted by atomic mass is 16.2. The van der Waals surface area contributed by atoms with Crippen molar-refractivity contribution in [2.75, 3.05) is 13.1 Å². The normalized spacial score (nSPS) is 23.4. The molecule has 2 aliphatic heterocycles. The number of hydrogen-bond donors (Lipinski definition) is 1. The van der Waals surface area contributed by atoms with Crippen molar-refractivity contribution in [3.63, 3.8) is 0 Å². The fraction of sp³-hybridized carbons (Fsp3) is 0.625. The highest BCUT2D eigenvalue weighted by Crippen LogP contribution is 2.27. The maximum absolute atomic E-state index is 12.4. The van der Waals surface area contributed by atoms with Crippen LogP contribution in [0.2, 0.25) is 0 Å². The molecule has 0 bridgehead atoms. The summed E-state index contributed by atoms with van der Waals surface area (Å²) in [5, 5.41) is 2.77. The van der Waals surface area contributed by atoms with E-state index in [4.69, 9.17) is 0 Å². The number of carbonyl (C=O) groups is 2. The molecule has 1 atom stereocenters. The summed E-state index contributed by atoms with van der Waals surface area (Å²) in [7, 11) is 0. The van der Waals surface area contributed by atoms with Crippen molar-refractivity contribution >= 4 is 11.8 Å². The molecular weight excluding hydrogens is 266 g/mol. The molecule has 2 amide bonds. The second kappa shape index (κ2) is 5.54. The molecule has 0 aliphatic carbocycles. The minimum atomic E-state index is -0.288. The second-order valence-corrected chi connectivity index (χ2v) is 6.20. The standard InChI is InChI=1S/C16H23N3O2/c1-11-3-4-12(2)19(11)13-7-9-18(10-8-13)16(21)14-5-6-15(20)17-14/h3-4,13-14H,5-10H2,1-2H3,(H,17,20). The number of rotatable bonds is 2. The van der Waals surface area contributed by atoms with Gasteiger partial charge in [-0.2, -0.15) is 0 Å². The topological polar surface area (TPSA) is 54.3 Å².